The lowest BCUT2D eigenvalue weighted by atomic mass is 9.81. The van der Waals surface area contributed by atoms with Crippen molar-refractivity contribution in [2.75, 3.05) is 26.2 Å². The van der Waals surface area contributed by atoms with E-state index in [9.17, 15) is 9.90 Å². The predicted octanol–water partition coefficient (Wildman–Crippen LogP) is 4.98. The minimum Gasteiger partial charge on any atom is -0.477 e. The lowest BCUT2D eigenvalue weighted by molar-refractivity contribution is 0.0701. The summed E-state index contributed by atoms with van der Waals surface area (Å²) in [6.07, 6.45) is 3.22. The number of benzene rings is 1. The molecule has 4 nitrogen and oxygen atoms in total. The molecule has 5 heteroatoms. The Balaban J connectivity index is 1.80. The van der Waals surface area contributed by atoms with Gasteiger partial charge in [0.1, 0.15) is 4.88 Å². The van der Waals surface area contributed by atoms with Crippen molar-refractivity contribution in [2.45, 2.75) is 39.2 Å². The maximum Gasteiger partial charge on any atom is 0.346 e. The zero-order valence-corrected chi connectivity index (χ0v) is 18.1. The largest absolute Gasteiger partial charge is 0.477 e. The molecule has 2 aliphatic heterocycles. The minimum atomic E-state index is -0.810. The van der Waals surface area contributed by atoms with Gasteiger partial charge in [-0.1, -0.05) is 30.3 Å². The number of carboxylic acid groups (broad SMARTS) is 1. The Hall–Kier alpha value is -1.95. The first-order valence-electron chi connectivity index (χ1n) is 10.6. The van der Waals surface area contributed by atoms with E-state index in [1.54, 1.807) is 0 Å². The number of aromatic carboxylic acids is 1. The molecule has 1 saturated heterocycles. The average molecular weight is 411 g/mol. The highest BCUT2D eigenvalue weighted by Crippen LogP contribution is 2.41. The van der Waals surface area contributed by atoms with Crippen molar-refractivity contribution >= 4 is 22.9 Å². The first-order chi connectivity index (χ1) is 14.0. The molecular formula is C24H30N2O2S. The Morgan fingerprint density at radius 2 is 1.93 bits per heavy atom. The first kappa shape index (κ1) is 20.3. The fraction of sp³-hybridized carbons (Fsp3) is 0.458. The van der Waals surface area contributed by atoms with Gasteiger partial charge >= 0.3 is 5.97 Å². The fourth-order valence-electron chi connectivity index (χ4n) is 4.62. The van der Waals surface area contributed by atoms with Gasteiger partial charge < -0.3 is 10.4 Å². The molecule has 1 aromatic heterocycles. The summed E-state index contributed by atoms with van der Waals surface area (Å²) >= 11 is 1.41. The molecule has 0 radical (unpaired) electrons. The molecule has 3 heterocycles. The molecule has 29 heavy (non-hydrogen) atoms. The van der Waals surface area contributed by atoms with Gasteiger partial charge in [-0.15, -0.1) is 11.3 Å². The lowest BCUT2D eigenvalue weighted by Gasteiger charge is -2.38. The van der Waals surface area contributed by atoms with Gasteiger partial charge in [-0.2, -0.15) is 0 Å². The third-order valence-electron chi connectivity index (χ3n) is 6.28. The van der Waals surface area contributed by atoms with Gasteiger partial charge in [0.15, 0.2) is 0 Å². The number of hydrogen-bond donors (Lipinski definition) is 2. The molecule has 1 aromatic carbocycles. The predicted molar refractivity (Wildman–Crippen MR) is 121 cm³/mol. The number of nitrogens with one attached hydrogen (secondary N) is 1. The molecule has 1 fully saturated rings. The molecule has 4 rings (SSSR count). The average Bonchev–Trinajstić information content (AvgIpc) is 3.20. The Morgan fingerprint density at radius 3 is 2.59 bits per heavy atom. The molecular weight excluding hydrogens is 380 g/mol. The summed E-state index contributed by atoms with van der Waals surface area (Å²) in [5.74, 6) is -0.259. The second-order valence-corrected chi connectivity index (χ2v) is 9.42. The van der Waals surface area contributed by atoms with Crippen LogP contribution in [0, 0.1) is 5.92 Å². The molecule has 0 aliphatic carbocycles. The number of thiophene rings is 1. The van der Waals surface area contributed by atoms with Gasteiger partial charge in [-0.25, -0.2) is 4.79 Å². The van der Waals surface area contributed by atoms with E-state index in [4.69, 9.17) is 0 Å². The van der Waals surface area contributed by atoms with Gasteiger partial charge in [0.25, 0.3) is 0 Å². The smallest absolute Gasteiger partial charge is 0.346 e. The Kier molecular flexibility index (Phi) is 6.18. The second kappa shape index (κ2) is 8.82. The summed E-state index contributed by atoms with van der Waals surface area (Å²) in [4.78, 5) is 16.2. The van der Waals surface area contributed by atoms with E-state index in [0.717, 1.165) is 61.4 Å². The number of nitrogens with zero attached hydrogens (tertiary/aromatic N) is 1. The van der Waals surface area contributed by atoms with Gasteiger partial charge in [0.05, 0.1) is 0 Å². The zero-order valence-electron chi connectivity index (χ0n) is 17.3. The number of carbonyl (C=O) groups is 1. The summed E-state index contributed by atoms with van der Waals surface area (Å²) in [5.41, 5.74) is 4.82. The number of carboxylic acids is 1. The van der Waals surface area contributed by atoms with E-state index < -0.39 is 5.97 Å². The molecule has 0 saturated carbocycles. The van der Waals surface area contributed by atoms with Crippen molar-refractivity contribution in [2.24, 2.45) is 5.92 Å². The zero-order chi connectivity index (χ0) is 20.4. The highest BCUT2D eigenvalue weighted by atomic mass is 32.1. The van der Waals surface area contributed by atoms with Crippen molar-refractivity contribution < 1.29 is 9.90 Å². The normalized spacial score (nSPS) is 19.1. The van der Waals surface area contributed by atoms with Crippen LogP contribution in [0.25, 0.3) is 16.0 Å². The van der Waals surface area contributed by atoms with E-state index in [1.807, 2.05) is 18.2 Å². The standard InChI is InChI=1S/C24H30N2O2S/c1-16(2)26-13-10-19(21(15-26)17-8-11-25-12-9-17)20-14-22(29-23(20)24(27)28)18-6-4-3-5-7-18/h3-7,14,16-17,25H,8-13,15H2,1-2H3,(H,27,28). The molecule has 154 valence electrons. The summed E-state index contributed by atoms with van der Waals surface area (Å²) in [5, 5.41) is 13.4. The molecule has 0 unspecified atom stereocenters. The molecule has 0 atom stereocenters. The third kappa shape index (κ3) is 4.32. The van der Waals surface area contributed by atoms with E-state index in [0.29, 0.717) is 16.8 Å². The second-order valence-electron chi connectivity index (χ2n) is 8.37. The van der Waals surface area contributed by atoms with Crippen LogP contribution in [0.3, 0.4) is 0 Å². The van der Waals surface area contributed by atoms with Crippen LogP contribution in [0.4, 0.5) is 0 Å². The van der Waals surface area contributed by atoms with Crippen molar-refractivity contribution in [1.82, 2.24) is 10.2 Å². The van der Waals surface area contributed by atoms with Crippen LogP contribution in [0.1, 0.15) is 48.3 Å². The Bertz CT molecular complexity index is 895. The van der Waals surface area contributed by atoms with E-state index in [1.165, 1.54) is 22.5 Å². The van der Waals surface area contributed by atoms with E-state index in [2.05, 4.69) is 42.3 Å². The topological polar surface area (TPSA) is 52.6 Å². The molecule has 2 N–H and O–H groups in total. The van der Waals surface area contributed by atoms with Gasteiger partial charge in [0, 0.05) is 29.6 Å². The monoisotopic (exact) mass is 410 g/mol. The molecule has 2 aromatic rings. The van der Waals surface area contributed by atoms with Crippen LogP contribution < -0.4 is 5.32 Å². The maximum absolute atomic E-state index is 12.1. The van der Waals surface area contributed by atoms with Crippen LogP contribution >= 0.6 is 11.3 Å². The SMILES string of the molecule is CC(C)N1CCC(c2cc(-c3ccccc3)sc2C(=O)O)=C(C2CCNCC2)C1. The van der Waals surface area contributed by atoms with Crippen LogP contribution in [-0.2, 0) is 0 Å². The Morgan fingerprint density at radius 1 is 1.21 bits per heavy atom. The fourth-order valence-corrected chi connectivity index (χ4v) is 5.65. The summed E-state index contributed by atoms with van der Waals surface area (Å²) in [6, 6.07) is 12.8. The van der Waals surface area contributed by atoms with Crippen LogP contribution in [0.5, 0.6) is 0 Å². The number of hydrogen-bond acceptors (Lipinski definition) is 4. The van der Waals surface area contributed by atoms with Crippen LogP contribution in [0.2, 0.25) is 0 Å². The van der Waals surface area contributed by atoms with E-state index in [-0.39, 0.29) is 0 Å². The lowest BCUT2D eigenvalue weighted by Crippen LogP contribution is -2.40. The summed E-state index contributed by atoms with van der Waals surface area (Å²) in [7, 11) is 0. The van der Waals surface area contributed by atoms with Crippen molar-refractivity contribution in [1.29, 1.82) is 0 Å². The molecule has 2 aliphatic rings. The molecule has 0 amide bonds. The van der Waals surface area contributed by atoms with Crippen molar-refractivity contribution in [3.8, 4) is 10.4 Å². The highest BCUT2D eigenvalue weighted by molar-refractivity contribution is 7.17. The van der Waals surface area contributed by atoms with Crippen molar-refractivity contribution in [3.05, 3.63) is 52.4 Å². The third-order valence-corrected chi connectivity index (χ3v) is 7.45. The van der Waals surface area contributed by atoms with Gasteiger partial charge in [-0.05, 0) is 74.9 Å². The van der Waals surface area contributed by atoms with Gasteiger partial charge in [-0.3, -0.25) is 4.90 Å². The maximum atomic E-state index is 12.1. The summed E-state index contributed by atoms with van der Waals surface area (Å²) < 4.78 is 0. The van der Waals surface area contributed by atoms with E-state index >= 15 is 0 Å². The number of piperidine rings is 1. The highest BCUT2D eigenvalue weighted by Gasteiger charge is 2.30. The minimum absolute atomic E-state index is 0.489. The Labute approximate surface area is 177 Å². The number of rotatable bonds is 5. The molecule has 0 spiro atoms. The molecule has 0 bridgehead atoms. The van der Waals surface area contributed by atoms with Crippen molar-refractivity contribution in [3.63, 3.8) is 0 Å². The van der Waals surface area contributed by atoms with Gasteiger partial charge in [0.2, 0.25) is 0 Å². The van der Waals surface area contributed by atoms with Crippen LogP contribution in [0.15, 0.2) is 42.0 Å². The van der Waals surface area contributed by atoms with Crippen LogP contribution in [-0.4, -0.2) is 48.2 Å². The summed E-state index contributed by atoms with van der Waals surface area (Å²) in [6.45, 7) is 8.57. The first-order valence-corrected chi connectivity index (χ1v) is 11.5. The quantitative estimate of drug-likeness (QED) is 0.730.